The van der Waals surface area contributed by atoms with E-state index < -0.39 is 0 Å². The summed E-state index contributed by atoms with van der Waals surface area (Å²) in [6, 6.07) is 9.93. The van der Waals surface area contributed by atoms with Crippen LogP contribution in [0.1, 0.15) is 26.3 Å². The van der Waals surface area contributed by atoms with Gasteiger partial charge in [0.1, 0.15) is 10.8 Å². The number of hydrogen-bond acceptors (Lipinski definition) is 3. The SMILES string of the molecule is CN(CC(C)(C)C)c1cc(C(N)=S)c2ccccc2n1. The summed E-state index contributed by atoms with van der Waals surface area (Å²) >= 11 is 5.18. The molecule has 0 amide bonds. The maximum Gasteiger partial charge on any atom is 0.129 e. The Balaban J connectivity index is 2.53. The summed E-state index contributed by atoms with van der Waals surface area (Å²) in [4.78, 5) is 7.27. The molecule has 0 radical (unpaired) electrons. The summed E-state index contributed by atoms with van der Waals surface area (Å²) in [5.41, 5.74) is 7.88. The molecule has 0 saturated carbocycles. The Hall–Kier alpha value is -1.68. The molecule has 0 unspecified atom stereocenters. The van der Waals surface area contributed by atoms with E-state index in [1.165, 1.54) is 0 Å². The van der Waals surface area contributed by atoms with E-state index in [0.717, 1.165) is 28.8 Å². The van der Waals surface area contributed by atoms with E-state index in [1.807, 2.05) is 37.4 Å². The van der Waals surface area contributed by atoms with Crippen LogP contribution in [-0.2, 0) is 0 Å². The Morgan fingerprint density at radius 1 is 1.30 bits per heavy atom. The van der Waals surface area contributed by atoms with Crippen LogP contribution in [0, 0.1) is 5.41 Å². The molecule has 2 aromatic rings. The molecule has 0 spiro atoms. The molecule has 0 aliphatic rings. The van der Waals surface area contributed by atoms with Gasteiger partial charge in [0, 0.05) is 24.5 Å². The van der Waals surface area contributed by atoms with Crippen molar-refractivity contribution in [3.8, 4) is 0 Å². The third kappa shape index (κ3) is 3.25. The predicted molar refractivity (Wildman–Crippen MR) is 90.4 cm³/mol. The number of rotatable bonds is 3. The second kappa shape index (κ2) is 5.37. The van der Waals surface area contributed by atoms with E-state index in [-0.39, 0.29) is 5.41 Å². The Morgan fingerprint density at radius 2 is 1.95 bits per heavy atom. The minimum Gasteiger partial charge on any atom is -0.389 e. The van der Waals surface area contributed by atoms with Crippen LogP contribution in [0.5, 0.6) is 0 Å². The normalized spacial score (nSPS) is 11.6. The number of hydrogen-bond donors (Lipinski definition) is 1. The van der Waals surface area contributed by atoms with Crippen LogP contribution in [0.15, 0.2) is 30.3 Å². The zero-order valence-electron chi connectivity index (χ0n) is 12.5. The van der Waals surface area contributed by atoms with Gasteiger partial charge in [-0.25, -0.2) is 4.98 Å². The third-order valence-corrected chi connectivity index (χ3v) is 3.29. The molecule has 0 fully saturated rings. The lowest BCUT2D eigenvalue weighted by molar-refractivity contribution is 0.418. The van der Waals surface area contributed by atoms with Crippen molar-refractivity contribution in [2.45, 2.75) is 20.8 Å². The van der Waals surface area contributed by atoms with Crippen molar-refractivity contribution in [1.82, 2.24) is 4.98 Å². The largest absolute Gasteiger partial charge is 0.389 e. The molecular formula is C16H21N3S. The van der Waals surface area contributed by atoms with Crippen LogP contribution < -0.4 is 10.6 Å². The average Bonchev–Trinajstić information content (AvgIpc) is 2.35. The third-order valence-electron chi connectivity index (χ3n) is 3.07. The van der Waals surface area contributed by atoms with Gasteiger partial charge in [-0.3, -0.25) is 0 Å². The molecule has 3 nitrogen and oxygen atoms in total. The Kier molecular flexibility index (Phi) is 3.95. The molecular weight excluding hydrogens is 266 g/mol. The molecule has 2 N–H and O–H groups in total. The van der Waals surface area contributed by atoms with Crippen molar-refractivity contribution in [2.75, 3.05) is 18.5 Å². The first-order valence-corrected chi connectivity index (χ1v) is 7.09. The van der Waals surface area contributed by atoms with Crippen LogP contribution in [-0.4, -0.2) is 23.6 Å². The molecule has 20 heavy (non-hydrogen) atoms. The van der Waals surface area contributed by atoms with Crippen LogP contribution >= 0.6 is 12.2 Å². The summed E-state index contributed by atoms with van der Waals surface area (Å²) < 4.78 is 0. The number of anilines is 1. The number of pyridine rings is 1. The highest BCUT2D eigenvalue weighted by atomic mass is 32.1. The van der Waals surface area contributed by atoms with Gasteiger partial charge in [-0.1, -0.05) is 51.2 Å². The number of nitrogens with zero attached hydrogens (tertiary/aromatic N) is 2. The average molecular weight is 287 g/mol. The summed E-state index contributed by atoms with van der Waals surface area (Å²) in [6.07, 6.45) is 0. The van der Waals surface area contributed by atoms with E-state index in [2.05, 4.69) is 25.7 Å². The van der Waals surface area contributed by atoms with Crippen molar-refractivity contribution in [3.63, 3.8) is 0 Å². The lowest BCUT2D eigenvalue weighted by Gasteiger charge is -2.28. The van der Waals surface area contributed by atoms with Crippen LogP contribution in [0.2, 0.25) is 0 Å². The highest BCUT2D eigenvalue weighted by molar-refractivity contribution is 7.80. The van der Waals surface area contributed by atoms with E-state index in [1.54, 1.807) is 0 Å². The Bertz CT molecular complexity index is 644. The molecule has 0 aliphatic carbocycles. The first-order chi connectivity index (χ1) is 9.28. The van der Waals surface area contributed by atoms with Gasteiger partial charge < -0.3 is 10.6 Å². The summed E-state index contributed by atoms with van der Waals surface area (Å²) in [6.45, 7) is 7.53. The van der Waals surface area contributed by atoms with Gasteiger partial charge in [-0.2, -0.15) is 0 Å². The first kappa shape index (κ1) is 14.7. The van der Waals surface area contributed by atoms with Crippen molar-refractivity contribution in [2.24, 2.45) is 11.1 Å². The second-order valence-electron chi connectivity index (χ2n) is 6.33. The smallest absolute Gasteiger partial charge is 0.129 e. The number of nitrogens with two attached hydrogens (primary N) is 1. The van der Waals surface area contributed by atoms with Crippen molar-refractivity contribution >= 4 is 33.9 Å². The molecule has 1 heterocycles. The zero-order chi connectivity index (χ0) is 14.9. The Morgan fingerprint density at radius 3 is 2.55 bits per heavy atom. The number of para-hydroxylation sites is 1. The van der Waals surface area contributed by atoms with Gasteiger partial charge in [0.2, 0.25) is 0 Å². The van der Waals surface area contributed by atoms with Gasteiger partial charge in [0.15, 0.2) is 0 Å². The fourth-order valence-corrected chi connectivity index (χ4v) is 2.52. The molecule has 0 aliphatic heterocycles. The minimum absolute atomic E-state index is 0.200. The lowest BCUT2D eigenvalue weighted by atomic mass is 9.96. The van der Waals surface area contributed by atoms with E-state index in [0.29, 0.717) is 4.99 Å². The second-order valence-corrected chi connectivity index (χ2v) is 6.77. The van der Waals surface area contributed by atoms with Gasteiger partial charge in [-0.05, 0) is 17.5 Å². The highest BCUT2D eigenvalue weighted by Crippen LogP contribution is 2.24. The molecule has 4 heteroatoms. The standard InChI is InChI=1S/C16H21N3S/c1-16(2,3)10-19(4)14-9-12(15(17)20)11-7-5-6-8-13(11)18-14/h5-9H,10H2,1-4H3,(H2,17,20). The molecule has 1 aromatic carbocycles. The van der Waals surface area contributed by atoms with Crippen LogP contribution in [0.3, 0.4) is 0 Å². The van der Waals surface area contributed by atoms with Crippen molar-refractivity contribution < 1.29 is 0 Å². The topological polar surface area (TPSA) is 42.1 Å². The number of fused-ring (bicyclic) bond motifs is 1. The number of aromatic nitrogens is 1. The predicted octanol–water partition coefficient (Wildman–Crippen LogP) is 3.35. The number of thiocarbonyl (C=S) groups is 1. The van der Waals surface area contributed by atoms with Crippen molar-refractivity contribution in [3.05, 3.63) is 35.9 Å². The quantitative estimate of drug-likeness (QED) is 0.879. The molecule has 106 valence electrons. The first-order valence-electron chi connectivity index (χ1n) is 6.69. The van der Waals surface area contributed by atoms with E-state index in [4.69, 9.17) is 22.9 Å². The summed E-state index contributed by atoms with van der Waals surface area (Å²) in [7, 11) is 2.05. The minimum atomic E-state index is 0.200. The van der Waals surface area contributed by atoms with Gasteiger partial charge in [-0.15, -0.1) is 0 Å². The monoisotopic (exact) mass is 287 g/mol. The van der Waals surface area contributed by atoms with Crippen molar-refractivity contribution in [1.29, 1.82) is 0 Å². The van der Waals surface area contributed by atoms with Gasteiger partial charge in [0.05, 0.1) is 5.52 Å². The molecule has 0 atom stereocenters. The fourth-order valence-electron chi connectivity index (χ4n) is 2.35. The van der Waals surface area contributed by atoms with E-state index >= 15 is 0 Å². The van der Waals surface area contributed by atoms with Crippen LogP contribution in [0.4, 0.5) is 5.82 Å². The van der Waals surface area contributed by atoms with Crippen LogP contribution in [0.25, 0.3) is 10.9 Å². The maximum absolute atomic E-state index is 5.86. The fraction of sp³-hybridized carbons (Fsp3) is 0.375. The summed E-state index contributed by atoms with van der Waals surface area (Å²) in [5.74, 6) is 0.904. The highest BCUT2D eigenvalue weighted by Gasteiger charge is 2.16. The maximum atomic E-state index is 5.86. The lowest BCUT2D eigenvalue weighted by Crippen LogP contribution is -2.30. The summed E-state index contributed by atoms with van der Waals surface area (Å²) in [5, 5.41) is 1.01. The van der Waals surface area contributed by atoms with Gasteiger partial charge in [0.25, 0.3) is 0 Å². The van der Waals surface area contributed by atoms with Gasteiger partial charge >= 0.3 is 0 Å². The number of benzene rings is 1. The zero-order valence-corrected chi connectivity index (χ0v) is 13.3. The van der Waals surface area contributed by atoms with E-state index in [9.17, 15) is 0 Å². The molecule has 0 bridgehead atoms. The molecule has 0 saturated heterocycles. The molecule has 2 rings (SSSR count). The Labute approximate surface area is 125 Å². The molecule has 1 aromatic heterocycles.